The lowest BCUT2D eigenvalue weighted by atomic mass is 9.94. The summed E-state index contributed by atoms with van der Waals surface area (Å²) < 4.78 is 0. The molecule has 1 atom stereocenters. The molecule has 1 N–H and O–H groups in total. The highest BCUT2D eigenvalue weighted by Crippen LogP contribution is 2.29. The van der Waals surface area contributed by atoms with Crippen LogP contribution in [0.1, 0.15) is 17.0 Å². The maximum absolute atomic E-state index is 4.27. The van der Waals surface area contributed by atoms with Gasteiger partial charge in [-0.3, -0.25) is 0 Å². The Bertz CT molecular complexity index is 537. The number of benzene rings is 1. The molecular formula is C14H19N5. The van der Waals surface area contributed by atoms with E-state index in [2.05, 4.69) is 45.0 Å². The maximum Gasteiger partial charge on any atom is 0.176 e. The highest BCUT2D eigenvalue weighted by Gasteiger charge is 2.28. The molecule has 0 amide bonds. The Morgan fingerprint density at radius 3 is 2.53 bits per heavy atom. The number of hydrogen-bond acceptors (Lipinski definition) is 4. The number of nitrogens with one attached hydrogen (secondary N) is 1. The van der Waals surface area contributed by atoms with Crippen molar-refractivity contribution in [1.29, 1.82) is 0 Å². The zero-order valence-electron chi connectivity index (χ0n) is 11.4. The topological polar surface area (TPSA) is 55.6 Å². The van der Waals surface area contributed by atoms with Gasteiger partial charge in [-0.2, -0.15) is 4.80 Å². The molecule has 1 aliphatic rings. The Labute approximate surface area is 113 Å². The standard InChI is InChI=1S/C14H19N5/c1-15-13(9-14-16-18-19(2)17-14)12-7-10-5-3-4-6-11(10)8-12/h3-6,12-13,15H,7-9H2,1-2H3. The van der Waals surface area contributed by atoms with Crippen LogP contribution in [0, 0.1) is 5.92 Å². The molecule has 5 heteroatoms. The fourth-order valence-corrected chi connectivity index (χ4v) is 2.98. The average molecular weight is 257 g/mol. The van der Waals surface area contributed by atoms with Crippen molar-refractivity contribution in [3.05, 3.63) is 41.2 Å². The summed E-state index contributed by atoms with van der Waals surface area (Å²) >= 11 is 0. The van der Waals surface area contributed by atoms with Crippen LogP contribution in [0.2, 0.25) is 0 Å². The summed E-state index contributed by atoms with van der Waals surface area (Å²) in [6.45, 7) is 0. The van der Waals surface area contributed by atoms with Gasteiger partial charge in [-0.05, 0) is 42.1 Å². The molecule has 1 aromatic heterocycles. The van der Waals surface area contributed by atoms with E-state index in [4.69, 9.17) is 0 Å². The van der Waals surface area contributed by atoms with Gasteiger partial charge in [-0.25, -0.2) is 0 Å². The van der Waals surface area contributed by atoms with Crippen LogP contribution in [0.4, 0.5) is 0 Å². The van der Waals surface area contributed by atoms with Crippen molar-refractivity contribution >= 4 is 0 Å². The Kier molecular flexibility index (Phi) is 3.29. The van der Waals surface area contributed by atoms with Gasteiger partial charge in [0.25, 0.3) is 0 Å². The minimum atomic E-state index is 0.400. The first-order valence-electron chi connectivity index (χ1n) is 6.73. The van der Waals surface area contributed by atoms with Crippen molar-refractivity contribution in [1.82, 2.24) is 25.5 Å². The summed E-state index contributed by atoms with van der Waals surface area (Å²) in [5.74, 6) is 1.43. The molecule has 0 saturated carbocycles. The van der Waals surface area contributed by atoms with Crippen molar-refractivity contribution < 1.29 is 0 Å². The lowest BCUT2D eigenvalue weighted by molar-refractivity contribution is 0.377. The van der Waals surface area contributed by atoms with Crippen LogP contribution in [-0.2, 0) is 26.3 Å². The molecule has 0 radical (unpaired) electrons. The lowest BCUT2D eigenvalue weighted by Crippen LogP contribution is -2.36. The second-order valence-electron chi connectivity index (χ2n) is 5.23. The fourth-order valence-electron chi connectivity index (χ4n) is 2.98. The van der Waals surface area contributed by atoms with Gasteiger partial charge in [-0.15, -0.1) is 10.2 Å². The molecule has 1 unspecified atom stereocenters. The van der Waals surface area contributed by atoms with Crippen molar-refractivity contribution in [2.45, 2.75) is 25.3 Å². The molecule has 1 aromatic carbocycles. The second-order valence-corrected chi connectivity index (χ2v) is 5.23. The van der Waals surface area contributed by atoms with E-state index in [1.807, 2.05) is 7.05 Å². The molecule has 5 nitrogen and oxygen atoms in total. The number of tetrazole rings is 1. The van der Waals surface area contributed by atoms with Crippen molar-refractivity contribution in [2.75, 3.05) is 7.05 Å². The monoisotopic (exact) mass is 257 g/mol. The van der Waals surface area contributed by atoms with E-state index in [1.165, 1.54) is 15.9 Å². The van der Waals surface area contributed by atoms with Gasteiger partial charge >= 0.3 is 0 Å². The van der Waals surface area contributed by atoms with Gasteiger partial charge in [0, 0.05) is 12.5 Å². The molecule has 0 spiro atoms. The van der Waals surface area contributed by atoms with Crippen molar-refractivity contribution in [3.63, 3.8) is 0 Å². The van der Waals surface area contributed by atoms with Crippen LogP contribution in [0.15, 0.2) is 24.3 Å². The van der Waals surface area contributed by atoms with Gasteiger partial charge in [-0.1, -0.05) is 24.3 Å². The third-order valence-electron chi connectivity index (χ3n) is 3.97. The highest BCUT2D eigenvalue weighted by atomic mass is 15.6. The Hall–Kier alpha value is -1.75. The molecule has 2 aromatic rings. The highest BCUT2D eigenvalue weighted by molar-refractivity contribution is 5.32. The van der Waals surface area contributed by atoms with E-state index >= 15 is 0 Å². The zero-order valence-corrected chi connectivity index (χ0v) is 11.4. The SMILES string of the molecule is CNC(Cc1nnn(C)n1)C1Cc2ccccc2C1. The lowest BCUT2D eigenvalue weighted by Gasteiger charge is -2.21. The molecular weight excluding hydrogens is 238 g/mol. The number of likely N-dealkylation sites (N-methyl/N-ethyl adjacent to an activating group) is 1. The van der Waals surface area contributed by atoms with E-state index in [-0.39, 0.29) is 0 Å². The van der Waals surface area contributed by atoms with E-state index < -0.39 is 0 Å². The summed E-state index contributed by atoms with van der Waals surface area (Å²) in [5.41, 5.74) is 2.97. The van der Waals surface area contributed by atoms with Crippen LogP contribution in [0.25, 0.3) is 0 Å². The molecule has 3 rings (SSSR count). The van der Waals surface area contributed by atoms with E-state index in [1.54, 1.807) is 7.05 Å². The normalized spacial score (nSPS) is 16.5. The minimum absolute atomic E-state index is 0.400. The van der Waals surface area contributed by atoms with Crippen LogP contribution in [0.3, 0.4) is 0 Å². The van der Waals surface area contributed by atoms with Gasteiger partial charge < -0.3 is 5.32 Å². The van der Waals surface area contributed by atoms with Crippen LogP contribution in [-0.4, -0.2) is 33.3 Å². The number of aromatic nitrogens is 4. The van der Waals surface area contributed by atoms with Crippen LogP contribution in [0.5, 0.6) is 0 Å². The number of aryl methyl sites for hydroxylation is 1. The molecule has 0 fully saturated rings. The third kappa shape index (κ3) is 2.51. The quantitative estimate of drug-likeness (QED) is 0.878. The van der Waals surface area contributed by atoms with Gasteiger partial charge in [0.1, 0.15) is 0 Å². The maximum atomic E-state index is 4.27. The van der Waals surface area contributed by atoms with Crippen LogP contribution >= 0.6 is 0 Å². The summed E-state index contributed by atoms with van der Waals surface area (Å²) in [5, 5.41) is 15.7. The van der Waals surface area contributed by atoms with E-state index in [0.717, 1.165) is 25.1 Å². The summed E-state index contributed by atoms with van der Waals surface area (Å²) in [4.78, 5) is 1.52. The molecule has 0 aliphatic heterocycles. The molecule has 100 valence electrons. The van der Waals surface area contributed by atoms with E-state index in [9.17, 15) is 0 Å². The van der Waals surface area contributed by atoms with Gasteiger partial charge in [0.05, 0.1) is 7.05 Å². The van der Waals surface area contributed by atoms with Gasteiger partial charge in [0.2, 0.25) is 0 Å². The predicted octanol–water partition coefficient (Wildman–Crippen LogP) is 0.756. The first-order valence-corrected chi connectivity index (χ1v) is 6.73. The minimum Gasteiger partial charge on any atom is -0.316 e. The predicted molar refractivity (Wildman–Crippen MR) is 72.7 cm³/mol. The van der Waals surface area contributed by atoms with Crippen molar-refractivity contribution in [2.24, 2.45) is 13.0 Å². The molecule has 19 heavy (non-hydrogen) atoms. The zero-order chi connectivity index (χ0) is 13.2. The Morgan fingerprint density at radius 1 is 1.32 bits per heavy atom. The number of hydrogen-bond donors (Lipinski definition) is 1. The molecule has 1 heterocycles. The van der Waals surface area contributed by atoms with Crippen LogP contribution < -0.4 is 5.32 Å². The molecule has 0 saturated heterocycles. The summed E-state index contributed by atoms with van der Waals surface area (Å²) in [7, 11) is 3.82. The Morgan fingerprint density at radius 2 is 2.00 bits per heavy atom. The number of nitrogens with zero attached hydrogens (tertiary/aromatic N) is 4. The number of rotatable bonds is 4. The summed E-state index contributed by atoms with van der Waals surface area (Å²) in [6, 6.07) is 9.13. The average Bonchev–Trinajstić information content (AvgIpc) is 3.01. The Balaban J connectivity index is 1.71. The number of fused-ring (bicyclic) bond motifs is 1. The van der Waals surface area contributed by atoms with Gasteiger partial charge in [0.15, 0.2) is 5.82 Å². The third-order valence-corrected chi connectivity index (χ3v) is 3.97. The van der Waals surface area contributed by atoms with E-state index in [0.29, 0.717) is 12.0 Å². The first kappa shape index (κ1) is 12.3. The smallest absolute Gasteiger partial charge is 0.176 e. The first-order chi connectivity index (χ1) is 9.26. The second kappa shape index (κ2) is 5.09. The molecule has 0 bridgehead atoms. The fraction of sp³-hybridized carbons (Fsp3) is 0.500. The molecule has 1 aliphatic carbocycles. The van der Waals surface area contributed by atoms with Crippen molar-refractivity contribution in [3.8, 4) is 0 Å². The summed E-state index contributed by atoms with van der Waals surface area (Å²) in [6.07, 6.45) is 3.12. The largest absolute Gasteiger partial charge is 0.316 e.